The van der Waals surface area contributed by atoms with E-state index in [4.69, 9.17) is 4.43 Å². The summed E-state index contributed by atoms with van der Waals surface area (Å²) >= 11 is 0. The number of sulfonamides is 1. The number of aliphatic hydroxyl groups is 1. The van der Waals surface area contributed by atoms with E-state index in [0.29, 0.717) is 16.0 Å². The minimum Gasteiger partial charge on any atom is -0.411 e. The average Bonchev–Trinajstić information content (AvgIpc) is 3.01. The molecular weight excluding hydrogens is 631 g/mol. The Morgan fingerprint density at radius 3 is 1.38 bits per heavy atom. The van der Waals surface area contributed by atoms with Crippen molar-refractivity contribution in [1.29, 1.82) is 0 Å². The van der Waals surface area contributed by atoms with Crippen molar-refractivity contribution in [1.82, 2.24) is 4.72 Å². The fraction of sp³-hybridized carbons (Fsp3) is 0.561. The fourth-order valence-corrected chi connectivity index (χ4v) is 16.6. The summed E-state index contributed by atoms with van der Waals surface area (Å²) in [5.74, 6) is 0.171. The van der Waals surface area contributed by atoms with E-state index in [1.807, 2.05) is 95.3 Å². The van der Waals surface area contributed by atoms with Gasteiger partial charge in [0.05, 0.1) is 17.0 Å². The van der Waals surface area contributed by atoms with Crippen molar-refractivity contribution in [3.63, 3.8) is 0 Å². The van der Waals surface area contributed by atoms with Gasteiger partial charge in [-0.3, -0.25) is 0 Å². The van der Waals surface area contributed by atoms with Gasteiger partial charge in [0.2, 0.25) is 18.3 Å². The van der Waals surface area contributed by atoms with Crippen molar-refractivity contribution in [2.75, 3.05) is 0 Å². The summed E-state index contributed by atoms with van der Waals surface area (Å²) < 4.78 is 40.9. The molecule has 48 heavy (non-hydrogen) atoms. The molecule has 0 spiro atoms. The van der Waals surface area contributed by atoms with E-state index >= 15 is 8.42 Å². The average molecular weight is 694 g/mol. The third kappa shape index (κ3) is 7.86. The zero-order chi connectivity index (χ0) is 36.4. The van der Waals surface area contributed by atoms with Crippen LogP contribution in [0.25, 0.3) is 0 Å². The summed E-state index contributed by atoms with van der Waals surface area (Å²) in [4.78, 5) is 0.310. The third-order valence-corrected chi connectivity index (χ3v) is 18.4. The van der Waals surface area contributed by atoms with Gasteiger partial charge in [0, 0.05) is 0 Å². The molecule has 3 rings (SSSR count). The smallest absolute Gasteiger partial charge is 0.241 e. The van der Waals surface area contributed by atoms with Gasteiger partial charge in [-0.05, 0) is 68.6 Å². The van der Waals surface area contributed by atoms with Crippen LogP contribution in [0.5, 0.6) is 0 Å². The van der Waals surface area contributed by atoms with Crippen LogP contribution in [-0.2, 0) is 20.1 Å². The first kappa shape index (κ1) is 40.1. The van der Waals surface area contributed by atoms with E-state index in [0.717, 1.165) is 16.7 Å². The maximum absolute atomic E-state index is 15.2. The SMILES string of the molecule is CC(C)c1cc(C(C)C)c(S(=O)(=O)NC(C(C)O[Si](C(C)C)(C(C)C)C(C)(C)C)C(O)(c2ccccc2)c2ccccc2)c(C(C)C)c1. The Morgan fingerprint density at radius 1 is 0.667 bits per heavy atom. The van der Waals surface area contributed by atoms with Crippen molar-refractivity contribution in [2.45, 2.75) is 153 Å². The highest BCUT2D eigenvalue weighted by molar-refractivity contribution is 7.89. The third-order valence-electron chi connectivity index (χ3n) is 10.2. The van der Waals surface area contributed by atoms with Crippen LogP contribution in [0.4, 0.5) is 0 Å². The number of hydrogen-bond donors (Lipinski definition) is 2. The van der Waals surface area contributed by atoms with Crippen LogP contribution < -0.4 is 4.72 Å². The number of rotatable bonds is 14. The molecule has 266 valence electrons. The lowest BCUT2D eigenvalue weighted by atomic mass is 9.78. The standard InChI is InChI=1S/C41H63NO4SSi/c1-27(2)33-25-36(28(3)4)38(37(26-33)29(5)6)47(44,45)42-39(32(11)46-48(30(7)8,31(9)10)40(12,13)14)41(43,34-21-17-15-18-22-34)35-23-19-16-20-24-35/h15-32,39,42-43H,1-14H3. The molecule has 2 atom stereocenters. The van der Waals surface area contributed by atoms with Crippen LogP contribution in [0, 0.1) is 0 Å². The van der Waals surface area contributed by atoms with Gasteiger partial charge < -0.3 is 9.53 Å². The first-order chi connectivity index (χ1) is 22.1. The van der Waals surface area contributed by atoms with Gasteiger partial charge >= 0.3 is 0 Å². The molecular formula is C41H63NO4SSi. The molecule has 0 aromatic heterocycles. The Kier molecular flexibility index (Phi) is 12.8. The molecule has 3 aromatic carbocycles. The van der Waals surface area contributed by atoms with Crippen molar-refractivity contribution in [2.24, 2.45) is 0 Å². The maximum atomic E-state index is 15.2. The molecule has 0 aliphatic carbocycles. The van der Waals surface area contributed by atoms with E-state index in [1.165, 1.54) is 0 Å². The molecule has 2 N–H and O–H groups in total. The summed E-state index contributed by atoms with van der Waals surface area (Å²) in [6.07, 6.45) is -0.694. The highest BCUT2D eigenvalue weighted by atomic mass is 32.2. The summed E-state index contributed by atoms with van der Waals surface area (Å²) in [6.45, 7) is 30.0. The normalized spacial score (nSPS) is 14.8. The number of nitrogens with one attached hydrogen (secondary N) is 1. The second kappa shape index (κ2) is 15.3. The Morgan fingerprint density at radius 2 is 1.06 bits per heavy atom. The molecule has 0 saturated heterocycles. The molecule has 0 fully saturated rings. The highest BCUT2D eigenvalue weighted by Gasteiger charge is 2.55. The minimum atomic E-state index is -4.20. The largest absolute Gasteiger partial charge is 0.411 e. The van der Waals surface area contributed by atoms with E-state index in [9.17, 15) is 5.11 Å². The number of hydrogen-bond acceptors (Lipinski definition) is 4. The molecule has 2 unspecified atom stereocenters. The maximum Gasteiger partial charge on any atom is 0.241 e. The molecule has 3 aromatic rings. The number of benzene rings is 3. The molecule has 0 saturated carbocycles. The molecule has 0 bridgehead atoms. The summed E-state index contributed by atoms with van der Waals surface area (Å²) in [7, 11) is -6.84. The van der Waals surface area contributed by atoms with Crippen molar-refractivity contribution < 1.29 is 18.0 Å². The molecule has 0 amide bonds. The lowest BCUT2D eigenvalue weighted by Gasteiger charge is -2.52. The predicted octanol–water partition coefficient (Wildman–Crippen LogP) is 10.6. The van der Waals surface area contributed by atoms with E-state index in [1.54, 1.807) is 0 Å². The fourth-order valence-electron chi connectivity index (χ4n) is 8.08. The Bertz CT molecular complexity index is 1520. The Hall–Kier alpha value is -2.29. The molecule has 5 nitrogen and oxygen atoms in total. The molecule has 0 radical (unpaired) electrons. The molecule has 0 heterocycles. The predicted molar refractivity (Wildman–Crippen MR) is 205 cm³/mol. The van der Waals surface area contributed by atoms with Gasteiger partial charge in [0.25, 0.3) is 0 Å². The van der Waals surface area contributed by atoms with Crippen LogP contribution in [0.3, 0.4) is 0 Å². The van der Waals surface area contributed by atoms with E-state index < -0.39 is 36.1 Å². The second-order valence-corrected chi connectivity index (χ2v) is 23.5. The van der Waals surface area contributed by atoms with Crippen LogP contribution in [0.2, 0.25) is 16.1 Å². The first-order valence-electron chi connectivity index (χ1n) is 17.8. The van der Waals surface area contributed by atoms with E-state index in [2.05, 4.69) is 79.2 Å². The topological polar surface area (TPSA) is 75.6 Å². The summed E-state index contributed by atoms with van der Waals surface area (Å²) in [5.41, 5.74) is 2.61. The lowest BCUT2D eigenvalue weighted by Crippen LogP contribution is -2.62. The first-order valence-corrected chi connectivity index (χ1v) is 21.4. The minimum absolute atomic E-state index is 0.0372. The zero-order valence-corrected chi connectivity index (χ0v) is 33.9. The van der Waals surface area contributed by atoms with Crippen molar-refractivity contribution >= 4 is 18.3 Å². The summed E-state index contributed by atoms with van der Waals surface area (Å²) in [5, 5.41) is 13.1. The Balaban J connectivity index is 2.43. The van der Waals surface area contributed by atoms with Crippen molar-refractivity contribution in [3.8, 4) is 0 Å². The second-order valence-electron chi connectivity index (χ2n) is 16.3. The van der Waals surface area contributed by atoms with Gasteiger partial charge in [-0.25, -0.2) is 13.1 Å². The quantitative estimate of drug-likeness (QED) is 0.165. The molecule has 0 aliphatic heterocycles. The monoisotopic (exact) mass is 693 g/mol. The zero-order valence-electron chi connectivity index (χ0n) is 32.0. The lowest BCUT2D eigenvalue weighted by molar-refractivity contribution is -0.00489. The van der Waals surface area contributed by atoms with Crippen molar-refractivity contribution in [3.05, 3.63) is 101 Å². The summed E-state index contributed by atoms with van der Waals surface area (Å²) in [6, 6.07) is 21.9. The van der Waals surface area contributed by atoms with Gasteiger partial charge in [-0.2, -0.15) is 0 Å². The van der Waals surface area contributed by atoms with Gasteiger partial charge in [0.1, 0.15) is 5.60 Å². The Labute approximate surface area is 294 Å². The van der Waals surface area contributed by atoms with Crippen LogP contribution in [-0.4, -0.2) is 34.0 Å². The van der Waals surface area contributed by atoms with Crippen LogP contribution in [0.1, 0.15) is 143 Å². The van der Waals surface area contributed by atoms with Gasteiger partial charge in [-0.1, -0.05) is 163 Å². The molecule has 7 heteroatoms. The van der Waals surface area contributed by atoms with Gasteiger partial charge in [0.15, 0.2) is 0 Å². The van der Waals surface area contributed by atoms with Crippen LogP contribution in [0.15, 0.2) is 77.7 Å². The van der Waals surface area contributed by atoms with Crippen LogP contribution >= 0.6 is 0 Å². The molecule has 0 aliphatic rings. The van der Waals surface area contributed by atoms with Gasteiger partial charge in [-0.15, -0.1) is 0 Å². The van der Waals surface area contributed by atoms with E-state index in [-0.39, 0.29) is 33.9 Å². The highest BCUT2D eigenvalue weighted by Crippen LogP contribution is 2.52.